The van der Waals surface area contributed by atoms with Crippen molar-refractivity contribution in [2.45, 2.75) is 63.8 Å². The van der Waals surface area contributed by atoms with Crippen molar-refractivity contribution in [1.82, 2.24) is 16.0 Å². The highest BCUT2D eigenvalue weighted by Gasteiger charge is 2.26. The van der Waals surface area contributed by atoms with E-state index in [-0.39, 0.29) is 23.9 Å². The van der Waals surface area contributed by atoms with E-state index in [0.29, 0.717) is 5.92 Å². The van der Waals surface area contributed by atoms with E-state index in [2.05, 4.69) is 16.0 Å². The summed E-state index contributed by atoms with van der Waals surface area (Å²) >= 11 is 0. The topological polar surface area (TPSA) is 70.2 Å². The highest BCUT2D eigenvalue weighted by Crippen LogP contribution is 2.24. The molecule has 3 N–H and O–H groups in total. The van der Waals surface area contributed by atoms with E-state index in [1.807, 2.05) is 0 Å². The van der Waals surface area contributed by atoms with E-state index in [0.717, 1.165) is 32.2 Å². The van der Waals surface area contributed by atoms with Gasteiger partial charge in [-0.2, -0.15) is 0 Å². The first kappa shape index (κ1) is 16.1. The fourth-order valence-electron chi connectivity index (χ4n) is 3.57. The van der Waals surface area contributed by atoms with E-state index >= 15 is 0 Å². The molecule has 0 heterocycles. The second kappa shape index (κ2) is 8.25. The summed E-state index contributed by atoms with van der Waals surface area (Å²) in [6, 6.07) is 0.182. The Balaban J connectivity index is 1.61. The molecular formula is C16H29N3O2. The van der Waals surface area contributed by atoms with Crippen molar-refractivity contribution >= 4 is 11.9 Å². The van der Waals surface area contributed by atoms with Crippen LogP contribution in [0.3, 0.4) is 0 Å². The number of carbonyl (C=O) groups is 2. The molecule has 0 bridgehead atoms. The lowest BCUT2D eigenvalue weighted by Gasteiger charge is -2.28. The predicted molar refractivity (Wildman–Crippen MR) is 82.9 cm³/mol. The average Bonchev–Trinajstić information content (AvgIpc) is 2.54. The first-order valence-electron chi connectivity index (χ1n) is 8.45. The molecule has 0 atom stereocenters. The molecule has 0 radical (unpaired) electrons. The normalized spacial score (nSPS) is 26.9. The molecule has 0 aromatic rings. The van der Waals surface area contributed by atoms with E-state index in [1.165, 1.54) is 32.1 Å². The summed E-state index contributed by atoms with van der Waals surface area (Å²) in [6.07, 6.45) is 9.98. The molecule has 2 fully saturated rings. The van der Waals surface area contributed by atoms with Gasteiger partial charge in [-0.25, -0.2) is 4.79 Å². The Bertz CT molecular complexity index is 345. The SMILES string of the molecule is CNC(=O)C1CCC(NC(=O)NCC2CCCCC2)CC1. The third kappa shape index (κ3) is 5.21. The molecule has 0 spiro atoms. The maximum absolute atomic E-state index is 11.9. The van der Waals surface area contributed by atoms with Gasteiger partial charge in [-0.05, 0) is 44.4 Å². The van der Waals surface area contributed by atoms with Crippen LogP contribution in [0, 0.1) is 11.8 Å². The third-order valence-electron chi connectivity index (χ3n) is 4.96. The van der Waals surface area contributed by atoms with Gasteiger partial charge in [-0.15, -0.1) is 0 Å². The highest BCUT2D eigenvalue weighted by molar-refractivity contribution is 5.78. The Hall–Kier alpha value is -1.26. The lowest BCUT2D eigenvalue weighted by molar-refractivity contribution is -0.125. The van der Waals surface area contributed by atoms with Gasteiger partial charge in [0.1, 0.15) is 0 Å². The number of urea groups is 1. The maximum atomic E-state index is 11.9. The molecule has 21 heavy (non-hydrogen) atoms. The Morgan fingerprint density at radius 3 is 2.24 bits per heavy atom. The molecule has 0 aromatic carbocycles. The quantitative estimate of drug-likeness (QED) is 0.744. The molecule has 0 saturated heterocycles. The van der Waals surface area contributed by atoms with Crippen LogP contribution < -0.4 is 16.0 Å². The third-order valence-corrected chi connectivity index (χ3v) is 4.96. The van der Waals surface area contributed by atoms with Crippen LogP contribution in [0.2, 0.25) is 0 Å². The van der Waals surface area contributed by atoms with Gasteiger partial charge in [0.05, 0.1) is 0 Å². The van der Waals surface area contributed by atoms with Crippen molar-refractivity contribution in [1.29, 1.82) is 0 Å². The number of amides is 3. The summed E-state index contributed by atoms with van der Waals surface area (Å²) in [5.41, 5.74) is 0. The Morgan fingerprint density at radius 2 is 1.62 bits per heavy atom. The van der Waals surface area contributed by atoms with E-state index in [4.69, 9.17) is 0 Å². The van der Waals surface area contributed by atoms with Gasteiger partial charge in [0.25, 0.3) is 0 Å². The van der Waals surface area contributed by atoms with E-state index < -0.39 is 0 Å². The second-order valence-corrected chi connectivity index (χ2v) is 6.52. The molecule has 2 aliphatic carbocycles. The van der Waals surface area contributed by atoms with Gasteiger partial charge in [0.15, 0.2) is 0 Å². The summed E-state index contributed by atoms with van der Waals surface area (Å²) < 4.78 is 0. The molecule has 5 heteroatoms. The molecule has 3 amide bonds. The van der Waals surface area contributed by atoms with Crippen LogP contribution in [-0.2, 0) is 4.79 Å². The molecule has 120 valence electrons. The minimum absolute atomic E-state index is 0.0380. The lowest BCUT2D eigenvalue weighted by atomic mass is 9.85. The van der Waals surface area contributed by atoms with Gasteiger partial charge in [-0.1, -0.05) is 19.3 Å². The molecule has 0 unspecified atom stereocenters. The van der Waals surface area contributed by atoms with Gasteiger partial charge in [0, 0.05) is 25.6 Å². The van der Waals surface area contributed by atoms with Crippen LogP contribution in [0.5, 0.6) is 0 Å². The second-order valence-electron chi connectivity index (χ2n) is 6.52. The molecule has 0 aromatic heterocycles. The minimum Gasteiger partial charge on any atom is -0.359 e. The largest absolute Gasteiger partial charge is 0.359 e. The van der Waals surface area contributed by atoms with Crippen molar-refractivity contribution in [2.75, 3.05) is 13.6 Å². The maximum Gasteiger partial charge on any atom is 0.315 e. The van der Waals surface area contributed by atoms with Gasteiger partial charge in [-0.3, -0.25) is 4.79 Å². The number of hydrogen-bond acceptors (Lipinski definition) is 2. The predicted octanol–water partition coefficient (Wildman–Crippen LogP) is 2.17. The van der Waals surface area contributed by atoms with Crippen molar-refractivity contribution in [2.24, 2.45) is 11.8 Å². The fraction of sp³-hybridized carbons (Fsp3) is 0.875. The van der Waals surface area contributed by atoms with E-state index in [1.54, 1.807) is 7.05 Å². The lowest BCUT2D eigenvalue weighted by Crippen LogP contribution is -2.46. The zero-order valence-corrected chi connectivity index (χ0v) is 13.1. The fourth-order valence-corrected chi connectivity index (χ4v) is 3.57. The van der Waals surface area contributed by atoms with Crippen LogP contribution in [0.25, 0.3) is 0 Å². The number of hydrogen-bond donors (Lipinski definition) is 3. The zero-order chi connectivity index (χ0) is 15.1. The first-order chi connectivity index (χ1) is 10.2. The molecule has 2 rings (SSSR count). The van der Waals surface area contributed by atoms with Crippen molar-refractivity contribution in [3.8, 4) is 0 Å². The Morgan fingerprint density at radius 1 is 0.952 bits per heavy atom. The molecule has 0 aliphatic heterocycles. The molecule has 2 saturated carbocycles. The zero-order valence-electron chi connectivity index (χ0n) is 13.1. The molecule has 2 aliphatic rings. The van der Waals surface area contributed by atoms with Crippen LogP contribution in [0.4, 0.5) is 4.79 Å². The van der Waals surface area contributed by atoms with Crippen LogP contribution >= 0.6 is 0 Å². The van der Waals surface area contributed by atoms with Crippen molar-refractivity contribution < 1.29 is 9.59 Å². The average molecular weight is 295 g/mol. The van der Waals surface area contributed by atoms with Crippen molar-refractivity contribution in [3.63, 3.8) is 0 Å². The summed E-state index contributed by atoms with van der Waals surface area (Å²) in [6.45, 7) is 0.805. The van der Waals surface area contributed by atoms with E-state index in [9.17, 15) is 9.59 Å². The smallest absolute Gasteiger partial charge is 0.315 e. The molecule has 5 nitrogen and oxygen atoms in total. The summed E-state index contributed by atoms with van der Waals surface area (Å²) in [7, 11) is 1.69. The Labute approximate surface area is 127 Å². The minimum atomic E-state index is -0.0380. The highest BCUT2D eigenvalue weighted by atomic mass is 16.2. The molecular weight excluding hydrogens is 266 g/mol. The van der Waals surface area contributed by atoms with Crippen LogP contribution in [-0.4, -0.2) is 31.6 Å². The monoisotopic (exact) mass is 295 g/mol. The first-order valence-corrected chi connectivity index (χ1v) is 8.45. The van der Waals surface area contributed by atoms with Crippen molar-refractivity contribution in [3.05, 3.63) is 0 Å². The summed E-state index contributed by atoms with van der Waals surface area (Å²) in [5.74, 6) is 0.919. The van der Waals surface area contributed by atoms with Crippen LogP contribution in [0.15, 0.2) is 0 Å². The van der Waals surface area contributed by atoms with Gasteiger partial charge in [0.2, 0.25) is 5.91 Å². The summed E-state index contributed by atoms with van der Waals surface area (Å²) in [5, 5.41) is 8.78. The standard InChI is InChI=1S/C16H29N3O2/c1-17-15(20)13-7-9-14(10-8-13)19-16(21)18-11-12-5-3-2-4-6-12/h12-14H,2-11H2,1H3,(H,17,20)(H2,18,19,21). The number of rotatable bonds is 4. The van der Waals surface area contributed by atoms with Gasteiger partial charge >= 0.3 is 6.03 Å². The van der Waals surface area contributed by atoms with Crippen LogP contribution in [0.1, 0.15) is 57.8 Å². The summed E-state index contributed by atoms with van der Waals surface area (Å²) in [4.78, 5) is 23.5. The Kier molecular flexibility index (Phi) is 6.33. The number of nitrogens with one attached hydrogen (secondary N) is 3. The van der Waals surface area contributed by atoms with Gasteiger partial charge < -0.3 is 16.0 Å². The number of carbonyl (C=O) groups excluding carboxylic acids is 2.